The number of nitrogens with one attached hydrogen (secondary N) is 1. The van der Waals surface area contributed by atoms with Crippen molar-refractivity contribution in [1.29, 1.82) is 0 Å². The molecule has 3 rings (SSSR count). The van der Waals surface area contributed by atoms with Crippen LogP contribution in [0.2, 0.25) is 0 Å². The first-order valence-corrected chi connectivity index (χ1v) is 7.65. The summed E-state index contributed by atoms with van der Waals surface area (Å²) in [6.45, 7) is 1.78. The number of ether oxygens (including phenoxy) is 2. The molecule has 7 nitrogen and oxygen atoms in total. The topological polar surface area (TPSA) is 78.3 Å². The van der Waals surface area contributed by atoms with Crippen LogP contribution in [0.1, 0.15) is 16.2 Å². The Morgan fingerprint density at radius 3 is 2.64 bits per heavy atom. The summed E-state index contributed by atoms with van der Waals surface area (Å²) in [6.07, 6.45) is 0. The molecule has 3 aromatic rings. The zero-order valence-corrected chi connectivity index (χ0v) is 14.2. The van der Waals surface area contributed by atoms with Crippen molar-refractivity contribution in [3.8, 4) is 17.2 Å². The molecule has 1 N–H and O–H groups in total. The number of methoxy groups -OCH3 is 2. The van der Waals surface area contributed by atoms with Crippen molar-refractivity contribution < 1.29 is 14.3 Å². The van der Waals surface area contributed by atoms with Crippen LogP contribution in [0.15, 0.2) is 48.5 Å². The molecule has 0 radical (unpaired) electrons. The molecule has 0 spiro atoms. The predicted octanol–water partition coefficient (Wildman–Crippen LogP) is 2.85. The third kappa shape index (κ3) is 3.30. The van der Waals surface area contributed by atoms with Crippen LogP contribution in [0.5, 0.6) is 11.5 Å². The second-order valence-corrected chi connectivity index (χ2v) is 5.29. The molecule has 128 valence electrons. The van der Waals surface area contributed by atoms with Gasteiger partial charge in [0.1, 0.15) is 17.2 Å². The number of carbonyl (C=O) groups is 1. The summed E-state index contributed by atoms with van der Waals surface area (Å²) < 4.78 is 12.1. The van der Waals surface area contributed by atoms with E-state index in [1.54, 1.807) is 50.1 Å². The lowest BCUT2D eigenvalue weighted by Crippen LogP contribution is -2.14. The molecule has 0 aliphatic carbocycles. The van der Waals surface area contributed by atoms with Gasteiger partial charge < -0.3 is 14.8 Å². The van der Waals surface area contributed by atoms with E-state index in [2.05, 4.69) is 15.6 Å². The van der Waals surface area contributed by atoms with Gasteiger partial charge in [0.25, 0.3) is 5.91 Å². The third-order valence-corrected chi connectivity index (χ3v) is 3.75. The summed E-state index contributed by atoms with van der Waals surface area (Å²) in [5.74, 6) is 0.967. The van der Waals surface area contributed by atoms with Crippen LogP contribution in [-0.4, -0.2) is 35.1 Å². The van der Waals surface area contributed by atoms with Crippen LogP contribution >= 0.6 is 0 Å². The lowest BCUT2D eigenvalue weighted by molar-refractivity contribution is 0.102. The second-order valence-electron chi connectivity index (χ2n) is 5.29. The molecule has 1 aromatic heterocycles. The van der Waals surface area contributed by atoms with E-state index in [0.29, 0.717) is 22.9 Å². The highest BCUT2D eigenvalue weighted by Gasteiger charge is 2.19. The Morgan fingerprint density at radius 2 is 1.88 bits per heavy atom. The summed E-state index contributed by atoms with van der Waals surface area (Å²) in [7, 11) is 3.16. The van der Waals surface area contributed by atoms with Gasteiger partial charge >= 0.3 is 0 Å². The van der Waals surface area contributed by atoms with E-state index >= 15 is 0 Å². The van der Waals surface area contributed by atoms with Gasteiger partial charge in [-0.3, -0.25) is 4.79 Å². The third-order valence-electron chi connectivity index (χ3n) is 3.75. The smallest absolute Gasteiger partial charge is 0.278 e. The number of amides is 1. The SMILES string of the molecule is COc1cccc(NC(=O)c2nnn(-c3ccccc3OC)c2C)c1. The number of hydrogen-bond donors (Lipinski definition) is 1. The number of carbonyl (C=O) groups excluding carboxylic acids is 1. The molecule has 2 aromatic carbocycles. The predicted molar refractivity (Wildman–Crippen MR) is 93.6 cm³/mol. The van der Waals surface area contributed by atoms with Crippen LogP contribution < -0.4 is 14.8 Å². The maximum absolute atomic E-state index is 12.5. The van der Waals surface area contributed by atoms with E-state index in [9.17, 15) is 4.79 Å². The van der Waals surface area contributed by atoms with Crippen LogP contribution in [-0.2, 0) is 0 Å². The first-order valence-electron chi connectivity index (χ1n) is 7.65. The van der Waals surface area contributed by atoms with Crippen molar-refractivity contribution in [2.75, 3.05) is 19.5 Å². The van der Waals surface area contributed by atoms with Crippen molar-refractivity contribution in [3.05, 3.63) is 59.9 Å². The van der Waals surface area contributed by atoms with E-state index in [0.717, 1.165) is 5.69 Å². The van der Waals surface area contributed by atoms with E-state index in [1.807, 2.05) is 24.3 Å². The number of anilines is 1. The Bertz CT molecular complexity index is 905. The molecular formula is C18H18N4O3. The minimum Gasteiger partial charge on any atom is -0.497 e. The van der Waals surface area contributed by atoms with Gasteiger partial charge in [-0.05, 0) is 31.2 Å². The number of hydrogen-bond acceptors (Lipinski definition) is 5. The van der Waals surface area contributed by atoms with Crippen molar-refractivity contribution >= 4 is 11.6 Å². The van der Waals surface area contributed by atoms with Gasteiger partial charge in [0.2, 0.25) is 0 Å². The maximum atomic E-state index is 12.5. The summed E-state index contributed by atoms with van der Waals surface area (Å²) in [5.41, 5.74) is 2.20. The maximum Gasteiger partial charge on any atom is 0.278 e. The largest absolute Gasteiger partial charge is 0.497 e. The highest BCUT2D eigenvalue weighted by atomic mass is 16.5. The zero-order valence-electron chi connectivity index (χ0n) is 14.2. The Kier molecular flexibility index (Phi) is 4.65. The van der Waals surface area contributed by atoms with E-state index in [-0.39, 0.29) is 11.6 Å². The van der Waals surface area contributed by atoms with E-state index in [1.165, 1.54) is 0 Å². The van der Waals surface area contributed by atoms with Crippen LogP contribution in [0.25, 0.3) is 5.69 Å². The fourth-order valence-electron chi connectivity index (χ4n) is 2.46. The minimum absolute atomic E-state index is 0.244. The van der Waals surface area contributed by atoms with Gasteiger partial charge in [0.05, 0.1) is 19.9 Å². The molecule has 7 heteroatoms. The molecule has 0 fully saturated rings. The first kappa shape index (κ1) is 16.5. The molecule has 25 heavy (non-hydrogen) atoms. The van der Waals surface area contributed by atoms with Crippen molar-refractivity contribution in [3.63, 3.8) is 0 Å². The van der Waals surface area contributed by atoms with Gasteiger partial charge in [-0.1, -0.05) is 23.4 Å². The van der Waals surface area contributed by atoms with E-state index < -0.39 is 0 Å². The van der Waals surface area contributed by atoms with Crippen LogP contribution in [0.3, 0.4) is 0 Å². The standard InChI is InChI=1S/C18H18N4O3/c1-12-17(18(23)19-13-7-6-8-14(11-13)24-2)20-21-22(12)15-9-4-5-10-16(15)25-3/h4-11H,1-3H3,(H,19,23). The lowest BCUT2D eigenvalue weighted by Gasteiger charge is -2.09. The number of rotatable bonds is 5. The molecule has 0 atom stereocenters. The molecule has 0 aliphatic rings. The Labute approximate surface area is 145 Å². The highest BCUT2D eigenvalue weighted by molar-refractivity contribution is 6.03. The summed E-state index contributed by atoms with van der Waals surface area (Å²) in [4.78, 5) is 12.5. The molecule has 0 unspecified atom stereocenters. The van der Waals surface area contributed by atoms with Crippen molar-refractivity contribution in [2.24, 2.45) is 0 Å². The quantitative estimate of drug-likeness (QED) is 0.774. The fourth-order valence-corrected chi connectivity index (χ4v) is 2.46. The minimum atomic E-state index is -0.341. The Morgan fingerprint density at radius 1 is 1.08 bits per heavy atom. The van der Waals surface area contributed by atoms with Gasteiger partial charge in [-0.2, -0.15) is 0 Å². The lowest BCUT2D eigenvalue weighted by atomic mass is 10.2. The summed E-state index contributed by atoms with van der Waals surface area (Å²) >= 11 is 0. The average molecular weight is 338 g/mol. The number of para-hydroxylation sites is 2. The molecule has 0 saturated heterocycles. The molecule has 1 amide bonds. The first-order chi connectivity index (χ1) is 12.1. The highest BCUT2D eigenvalue weighted by Crippen LogP contribution is 2.24. The molecule has 0 bridgehead atoms. The Hall–Kier alpha value is -3.35. The average Bonchev–Trinajstić information content (AvgIpc) is 3.03. The van der Waals surface area contributed by atoms with Gasteiger partial charge in [0.15, 0.2) is 5.69 Å². The fraction of sp³-hybridized carbons (Fsp3) is 0.167. The molecule has 1 heterocycles. The van der Waals surface area contributed by atoms with E-state index in [4.69, 9.17) is 9.47 Å². The number of nitrogens with zero attached hydrogens (tertiary/aromatic N) is 3. The molecule has 0 aliphatic heterocycles. The summed E-state index contributed by atoms with van der Waals surface area (Å²) in [6, 6.07) is 14.5. The second kappa shape index (κ2) is 7.04. The van der Waals surface area contributed by atoms with Crippen molar-refractivity contribution in [2.45, 2.75) is 6.92 Å². The molecular weight excluding hydrogens is 320 g/mol. The van der Waals surface area contributed by atoms with Gasteiger partial charge in [-0.25, -0.2) is 4.68 Å². The van der Waals surface area contributed by atoms with Crippen molar-refractivity contribution in [1.82, 2.24) is 15.0 Å². The van der Waals surface area contributed by atoms with Crippen LogP contribution in [0.4, 0.5) is 5.69 Å². The normalized spacial score (nSPS) is 10.4. The molecule has 0 saturated carbocycles. The zero-order chi connectivity index (χ0) is 17.8. The Balaban J connectivity index is 1.89. The van der Waals surface area contributed by atoms with Crippen LogP contribution in [0, 0.1) is 6.92 Å². The van der Waals surface area contributed by atoms with Gasteiger partial charge in [-0.15, -0.1) is 5.10 Å². The van der Waals surface area contributed by atoms with Gasteiger partial charge in [0, 0.05) is 11.8 Å². The monoisotopic (exact) mass is 338 g/mol. The summed E-state index contributed by atoms with van der Waals surface area (Å²) in [5, 5.41) is 10.9. The number of benzene rings is 2. The number of aromatic nitrogens is 3.